The molecule has 2 unspecified atom stereocenters. The van der Waals surface area contributed by atoms with E-state index in [1.54, 1.807) is 36.1 Å². The van der Waals surface area contributed by atoms with Crippen LogP contribution in [0.5, 0.6) is 5.75 Å². The molecule has 2 heterocycles. The van der Waals surface area contributed by atoms with Crippen LogP contribution in [0.25, 0.3) is 0 Å². The molecule has 0 aromatic heterocycles. The molecule has 5 rings (SSSR count). The molecule has 3 aromatic rings. The highest BCUT2D eigenvalue weighted by molar-refractivity contribution is 7.90. The van der Waals surface area contributed by atoms with E-state index in [9.17, 15) is 26.4 Å². The van der Waals surface area contributed by atoms with Crippen molar-refractivity contribution in [3.63, 3.8) is 0 Å². The molecule has 14 heteroatoms. The Hall–Kier alpha value is -2.87. The van der Waals surface area contributed by atoms with Gasteiger partial charge >= 0.3 is 6.18 Å². The van der Waals surface area contributed by atoms with E-state index in [2.05, 4.69) is 10.6 Å². The predicted octanol–water partition coefficient (Wildman–Crippen LogP) is 5.43. The van der Waals surface area contributed by atoms with E-state index < -0.39 is 45.2 Å². The van der Waals surface area contributed by atoms with E-state index in [1.807, 2.05) is 29.2 Å². The molecule has 0 saturated carbocycles. The highest BCUT2D eigenvalue weighted by atomic mass is 35.5. The highest BCUT2D eigenvalue weighted by Gasteiger charge is 2.54. The number of hydrogen-bond donors (Lipinski definition) is 2. The molecule has 0 aliphatic carbocycles. The maximum atomic E-state index is 14.8. The van der Waals surface area contributed by atoms with Crippen LogP contribution in [-0.4, -0.2) is 75.5 Å². The summed E-state index contributed by atoms with van der Waals surface area (Å²) in [4.78, 5) is 18.4. The Balaban J connectivity index is 1.60. The highest BCUT2D eigenvalue weighted by Crippen LogP contribution is 2.46. The summed E-state index contributed by atoms with van der Waals surface area (Å²) >= 11 is 12.4. The average molecular weight is 700 g/mol. The van der Waals surface area contributed by atoms with Crippen LogP contribution in [0.2, 0.25) is 10.0 Å². The molecule has 3 aromatic carbocycles. The van der Waals surface area contributed by atoms with Crippen molar-refractivity contribution in [1.82, 2.24) is 20.4 Å². The van der Waals surface area contributed by atoms with Crippen molar-refractivity contribution in [3.05, 3.63) is 99.0 Å². The summed E-state index contributed by atoms with van der Waals surface area (Å²) in [6.07, 6.45) is -3.44. The summed E-state index contributed by atoms with van der Waals surface area (Å²) in [5.74, 6) is -0.474. The van der Waals surface area contributed by atoms with Crippen molar-refractivity contribution >= 4 is 38.9 Å². The number of benzene rings is 3. The number of carbonyl (C=O) groups is 1. The summed E-state index contributed by atoms with van der Waals surface area (Å²) in [6, 6.07) is 16.4. The summed E-state index contributed by atoms with van der Waals surface area (Å²) < 4.78 is 70.8. The maximum absolute atomic E-state index is 14.8. The Bertz CT molecular complexity index is 1600. The van der Waals surface area contributed by atoms with Crippen LogP contribution >= 0.6 is 23.2 Å². The zero-order chi connectivity index (χ0) is 33.3. The standard InChI is InChI=1S/C32H35Cl2F3N4O4S/c1-3-45-27-20-23(32(35,36)37)8-13-26(27)31(30(42)41-16-14-40(15-17-41)18-19-46(2,43)44)38-28(21-4-9-24(33)10-5-21)29(39-31)22-6-11-25(34)12-7-22/h4-13,20,28-29,38-39H,3,14-19H2,1-2H3. The fourth-order valence-corrected chi connectivity index (χ4v) is 6.79. The van der Waals surface area contributed by atoms with Gasteiger partial charge in [0.25, 0.3) is 5.91 Å². The second-order valence-corrected chi connectivity index (χ2v) is 14.6. The van der Waals surface area contributed by atoms with Crippen LogP contribution < -0.4 is 15.4 Å². The lowest BCUT2D eigenvalue weighted by atomic mass is 9.94. The largest absolute Gasteiger partial charge is 0.493 e. The van der Waals surface area contributed by atoms with Crippen molar-refractivity contribution in [2.24, 2.45) is 0 Å². The molecule has 8 nitrogen and oxygen atoms in total. The first-order valence-electron chi connectivity index (χ1n) is 14.8. The third-order valence-electron chi connectivity index (χ3n) is 8.31. The van der Waals surface area contributed by atoms with Gasteiger partial charge in [0.05, 0.1) is 30.0 Å². The van der Waals surface area contributed by atoms with Crippen molar-refractivity contribution in [2.45, 2.75) is 30.8 Å². The molecule has 2 aliphatic heterocycles. The molecule has 0 spiro atoms. The second kappa shape index (κ2) is 13.7. The SMILES string of the molecule is CCOc1cc(C(F)(F)F)ccc1C1(C(=O)N2CCN(CCS(C)(=O)=O)CC2)NC(c2ccc(Cl)cc2)C(c2ccc(Cl)cc2)N1. The van der Waals surface area contributed by atoms with Gasteiger partial charge in [-0.1, -0.05) is 53.5 Å². The molecule has 2 fully saturated rings. The Morgan fingerprint density at radius 3 is 1.89 bits per heavy atom. The van der Waals surface area contributed by atoms with Crippen molar-refractivity contribution < 1.29 is 31.1 Å². The van der Waals surface area contributed by atoms with E-state index in [1.165, 1.54) is 12.3 Å². The molecule has 248 valence electrons. The fourth-order valence-electron chi connectivity index (χ4n) is 5.95. The number of nitrogens with one attached hydrogen (secondary N) is 2. The van der Waals surface area contributed by atoms with Gasteiger partial charge in [-0.05, 0) is 54.4 Å². The Morgan fingerprint density at radius 2 is 1.43 bits per heavy atom. The predicted molar refractivity (Wildman–Crippen MR) is 172 cm³/mol. The van der Waals surface area contributed by atoms with Crippen LogP contribution in [0.15, 0.2) is 66.7 Å². The van der Waals surface area contributed by atoms with E-state index in [-0.39, 0.29) is 36.8 Å². The van der Waals surface area contributed by atoms with Crippen LogP contribution in [0, 0.1) is 0 Å². The average Bonchev–Trinajstić information content (AvgIpc) is 3.42. The molecular formula is C32H35Cl2F3N4O4S. The molecule has 2 atom stereocenters. The number of amides is 1. The minimum Gasteiger partial charge on any atom is -0.493 e. The van der Waals surface area contributed by atoms with Crippen LogP contribution in [0.1, 0.15) is 41.3 Å². The summed E-state index contributed by atoms with van der Waals surface area (Å²) in [5.41, 5.74) is -0.812. The molecule has 0 bridgehead atoms. The topological polar surface area (TPSA) is 91.0 Å². The number of rotatable bonds is 9. The lowest BCUT2D eigenvalue weighted by Crippen LogP contribution is -2.62. The third-order valence-corrected chi connectivity index (χ3v) is 9.74. The number of nitrogens with zero attached hydrogens (tertiary/aromatic N) is 2. The molecule has 2 aliphatic rings. The third kappa shape index (κ3) is 7.64. The molecule has 2 N–H and O–H groups in total. The zero-order valence-electron chi connectivity index (χ0n) is 25.3. The Morgan fingerprint density at radius 1 is 0.913 bits per heavy atom. The minimum absolute atomic E-state index is 0.00279. The van der Waals surface area contributed by atoms with Gasteiger partial charge in [0.15, 0.2) is 5.66 Å². The first-order chi connectivity index (χ1) is 21.7. The number of hydrogen-bond acceptors (Lipinski definition) is 7. The summed E-state index contributed by atoms with van der Waals surface area (Å²) in [6.45, 7) is 3.52. The number of sulfone groups is 1. The number of ether oxygens (including phenoxy) is 1. The van der Waals surface area contributed by atoms with Gasteiger partial charge in [0, 0.05) is 54.6 Å². The zero-order valence-corrected chi connectivity index (χ0v) is 27.6. The number of carbonyl (C=O) groups excluding carboxylic acids is 1. The normalized spacial score (nSPS) is 22.6. The molecule has 46 heavy (non-hydrogen) atoms. The van der Waals surface area contributed by atoms with Gasteiger partial charge in [0.1, 0.15) is 15.6 Å². The smallest absolute Gasteiger partial charge is 0.416 e. The number of halogens is 5. The maximum Gasteiger partial charge on any atom is 0.416 e. The van der Waals surface area contributed by atoms with E-state index in [4.69, 9.17) is 27.9 Å². The van der Waals surface area contributed by atoms with Gasteiger partial charge in [-0.3, -0.25) is 20.3 Å². The first-order valence-corrected chi connectivity index (χ1v) is 17.6. The van der Waals surface area contributed by atoms with Gasteiger partial charge in [-0.15, -0.1) is 0 Å². The molecule has 1 amide bonds. The quantitative estimate of drug-likeness (QED) is 0.308. The monoisotopic (exact) mass is 698 g/mol. The van der Waals surface area contributed by atoms with Gasteiger partial charge in [0.2, 0.25) is 0 Å². The molecule has 2 saturated heterocycles. The van der Waals surface area contributed by atoms with Crippen molar-refractivity contribution in [1.29, 1.82) is 0 Å². The van der Waals surface area contributed by atoms with E-state index >= 15 is 0 Å². The Labute approximate surface area is 276 Å². The Kier molecular flexibility index (Phi) is 10.3. The lowest BCUT2D eigenvalue weighted by Gasteiger charge is -2.40. The summed E-state index contributed by atoms with van der Waals surface area (Å²) in [7, 11) is -3.16. The first kappa shape index (κ1) is 34.5. The second-order valence-electron chi connectivity index (χ2n) is 11.5. The van der Waals surface area contributed by atoms with Gasteiger partial charge in [-0.25, -0.2) is 8.42 Å². The fraction of sp³-hybridized carbons (Fsp3) is 0.406. The van der Waals surface area contributed by atoms with Crippen molar-refractivity contribution in [2.75, 3.05) is 51.3 Å². The number of alkyl halides is 3. The molecule has 0 radical (unpaired) electrons. The van der Waals surface area contributed by atoms with Crippen molar-refractivity contribution in [3.8, 4) is 5.75 Å². The van der Waals surface area contributed by atoms with Crippen LogP contribution in [-0.2, 0) is 26.5 Å². The lowest BCUT2D eigenvalue weighted by molar-refractivity contribution is -0.141. The summed E-state index contributed by atoms with van der Waals surface area (Å²) in [5, 5.41) is 8.04. The minimum atomic E-state index is -4.63. The van der Waals surface area contributed by atoms with Crippen LogP contribution in [0.4, 0.5) is 13.2 Å². The van der Waals surface area contributed by atoms with Gasteiger partial charge in [-0.2, -0.15) is 13.2 Å². The van der Waals surface area contributed by atoms with E-state index in [0.717, 1.165) is 23.3 Å². The number of piperazine rings is 1. The van der Waals surface area contributed by atoms with Gasteiger partial charge < -0.3 is 9.64 Å². The molecular weight excluding hydrogens is 664 g/mol. The van der Waals surface area contributed by atoms with Crippen LogP contribution in [0.3, 0.4) is 0 Å². The van der Waals surface area contributed by atoms with E-state index in [0.29, 0.717) is 29.7 Å².